The van der Waals surface area contributed by atoms with Crippen molar-refractivity contribution >= 4 is 10.2 Å². The average Bonchev–Trinajstić information content (AvgIpc) is 3.07. The van der Waals surface area contributed by atoms with E-state index in [1.807, 2.05) is 0 Å². The summed E-state index contributed by atoms with van der Waals surface area (Å²) in [6.45, 7) is 0. The molecule has 0 aromatic heterocycles. The van der Waals surface area contributed by atoms with Crippen LogP contribution in [0, 0.1) is 5.92 Å². The third-order valence-corrected chi connectivity index (χ3v) is 3.54. The molecule has 1 saturated carbocycles. The van der Waals surface area contributed by atoms with Crippen molar-refractivity contribution in [2.75, 3.05) is 0 Å². The van der Waals surface area contributed by atoms with Crippen molar-refractivity contribution in [3.05, 3.63) is 35.4 Å². The zero-order chi connectivity index (χ0) is 14.3. The first-order valence-electron chi connectivity index (χ1n) is 5.64. The van der Waals surface area contributed by atoms with Crippen molar-refractivity contribution in [3.63, 3.8) is 0 Å². The molecule has 0 bridgehead atoms. The Balaban J connectivity index is 2.32. The molecule has 0 heterocycles. The van der Waals surface area contributed by atoms with E-state index >= 15 is 0 Å². The maximum absolute atomic E-state index is 12.6. The van der Waals surface area contributed by atoms with Gasteiger partial charge < -0.3 is 0 Å². The number of alkyl halides is 3. The Morgan fingerprint density at radius 1 is 1.32 bits per heavy atom. The standard InChI is InChI=1S/C11H13F3N2O2S/c12-11(13,14)9-3-1-2-8(6-9)10(7-4-5-7)16-19(15,17)18/h1-3,6-7,10,16H,4-5H2,(H2,15,17,18). The van der Waals surface area contributed by atoms with E-state index in [1.165, 1.54) is 12.1 Å². The lowest BCUT2D eigenvalue weighted by Gasteiger charge is -2.18. The Kier molecular flexibility index (Phi) is 3.59. The van der Waals surface area contributed by atoms with E-state index in [2.05, 4.69) is 4.72 Å². The lowest BCUT2D eigenvalue weighted by atomic mass is 10.0. The summed E-state index contributed by atoms with van der Waals surface area (Å²) in [5.41, 5.74) is -0.516. The summed E-state index contributed by atoms with van der Waals surface area (Å²) in [6, 6.07) is 3.94. The van der Waals surface area contributed by atoms with Gasteiger partial charge in [-0.2, -0.15) is 26.3 Å². The molecule has 4 nitrogen and oxygen atoms in total. The number of rotatable bonds is 4. The summed E-state index contributed by atoms with van der Waals surface area (Å²) in [7, 11) is -3.96. The molecule has 0 saturated heterocycles. The minimum Gasteiger partial charge on any atom is -0.216 e. The molecule has 1 aliphatic carbocycles. The van der Waals surface area contributed by atoms with Crippen molar-refractivity contribution < 1.29 is 21.6 Å². The largest absolute Gasteiger partial charge is 0.416 e. The van der Waals surface area contributed by atoms with Gasteiger partial charge in [-0.15, -0.1) is 0 Å². The first kappa shape index (κ1) is 14.3. The van der Waals surface area contributed by atoms with Crippen molar-refractivity contribution in [2.45, 2.75) is 25.1 Å². The van der Waals surface area contributed by atoms with Crippen LogP contribution in [0.3, 0.4) is 0 Å². The van der Waals surface area contributed by atoms with Gasteiger partial charge in [-0.3, -0.25) is 0 Å². The Morgan fingerprint density at radius 3 is 2.42 bits per heavy atom. The highest BCUT2D eigenvalue weighted by Gasteiger charge is 2.36. The zero-order valence-corrected chi connectivity index (χ0v) is 10.6. The van der Waals surface area contributed by atoms with Crippen LogP contribution in [-0.2, 0) is 16.4 Å². The molecule has 1 aliphatic rings. The van der Waals surface area contributed by atoms with E-state index in [-0.39, 0.29) is 11.5 Å². The van der Waals surface area contributed by atoms with Gasteiger partial charge >= 0.3 is 6.18 Å². The maximum atomic E-state index is 12.6. The molecule has 0 aliphatic heterocycles. The minimum atomic E-state index is -4.45. The number of hydrogen-bond donors (Lipinski definition) is 2. The number of benzene rings is 1. The molecule has 2 rings (SSSR count). The van der Waals surface area contributed by atoms with Gasteiger partial charge in [-0.25, -0.2) is 5.14 Å². The molecule has 19 heavy (non-hydrogen) atoms. The van der Waals surface area contributed by atoms with Gasteiger partial charge in [0.15, 0.2) is 0 Å². The molecule has 1 aromatic rings. The molecule has 0 radical (unpaired) electrons. The Bertz CT molecular complexity index is 568. The van der Waals surface area contributed by atoms with Crippen LogP contribution in [0.5, 0.6) is 0 Å². The molecule has 8 heteroatoms. The lowest BCUT2D eigenvalue weighted by Crippen LogP contribution is -2.35. The first-order chi connectivity index (χ1) is 8.67. The molecule has 106 valence electrons. The lowest BCUT2D eigenvalue weighted by molar-refractivity contribution is -0.137. The van der Waals surface area contributed by atoms with E-state index in [9.17, 15) is 21.6 Å². The Labute approximate surface area is 109 Å². The summed E-state index contributed by atoms with van der Waals surface area (Å²) < 4.78 is 62.2. The van der Waals surface area contributed by atoms with Gasteiger partial charge in [0.05, 0.1) is 11.6 Å². The fraction of sp³-hybridized carbons (Fsp3) is 0.455. The zero-order valence-electron chi connectivity index (χ0n) is 9.81. The highest BCUT2D eigenvalue weighted by Crippen LogP contribution is 2.42. The summed E-state index contributed by atoms with van der Waals surface area (Å²) in [5.74, 6) is 0.00167. The van der Waals surface area contributed by atoms with Gasteiger partial charge in [0.1, 0.15) is 0 Å². The highest BCUT2D eigenvalue weighted by atomic mass is 32.2. The number of halogens is 3. The van der Waals surface area contributed by atoms with Crippen LogP contribution in [0.15, 0.2) is 24.3 Å². The van der Waals surface area contributed by atoms with Crippen molar-refractivity contribution in [2.24, 2.45) is 11.1 Å². The van der Waals surface area contributed by atoms with Crippen LogP contribution in [0.25, 0.3) is 0 Å². The number of nitrogens with one attached hydrogen (secondary N) is 1. The Hall–Kier alpha value is -1.12. The van der Waals surface area contributed by atoms with E-state index in [0.29, 0.717) is 0 Å². The second-order valence-corrected chi connectivity index (χ2v) is 5.93. The maximum Gasteiger partial charge on any atom is 0.416 e. The predicted molar refractivity (Wildman–Crippen MR) is 63.2 cm³/mol. The molecule has 1 fully saturated rings. The molecule has 1 atom stereocenters. The first-order valence-corrected chi connectivity index (χ1v) is 7.18. The fourth-order valence-corrected chi connectivity index (χ4v) is 2.63. The minimum absolute atomic E-state index is 0.00167. The Morgan fingerprint density at radius 2 is 1.95 bits per heavy atom. The SMILES string of the molecule is NS(=O)(=O)NC(c1cccc(C(F)(F)F)c1)C1CC1. The van der Waals surface area contributed by atoms with Crippen molar-refractivity contribution in [3.8, 4) is 0 Å². The van der Waals surface area contributed by atoms with E-state index in [1.54, 1.807) is 0 Å². The van der Waals surface area contributed by atoms with E-state index < -0.39 is 28.0 Å². The number of nitrogens with two attached hydrogens (primary N) is 1. The van der Waals surface area contributed by atoms with Crippen LogP contribution in [0.4, 0.5) is 13.2 Å². The number of hydrogen-bond acceptors (Lipinski definition) is 2. The molecule has 3 N–H and O–H groups in total. The molecule has 1 aromatic carbocycles. The van der Waals surface area contributed by atoms with Crippen LogP contribution in [0.2, 0.25) is 0 Å². The third-order valence-electron chi connectivity index (χ3n) is 2.96. The molecule has 1 unspecified atom stereocenters. The summed E-state index contributed by atoms with van der Waals surface area (Å²) in [4.78, 5) is 0. The van der Waals surface area contributed by atoms with Crippen LogP contribution >= 0.6 is 0 Å². The van der Waals surface area contributed by atoms with Gasteiger partial charge in [-0.05, 0) is 36.5 Å². The second-order valence-electron chi connectivity index (χ2n) is 4.60. The second kappa shape index (κ2) is 4.77. The molecular formula is C11H13F3N2O2S. The monoisotopic (exact) mass is 294 g/mol. The quantitative estimate of drug-likeness (QED) is 0.891. The van der Waals surface area contributed by atoms with E-state index in [4.69, 9.17) is 5.14 Å². The van der Waals surface area contributed by atoms with Gasteiger partial charge in [-0.1, -0.05) is 12.1 Å². The molecule has 0 amide bonds. The van der Waals surface area contributed by atoms with Gasteiger partial charge in [0, 0.05) is 0 Å². The van der Waals surface area contributed by atoms with Crippen molar-refractivity contribution in [1.82, 2.24) is 4.72 Å². The molecular weight excluding hydrogens is 281 g/mol. The summed E-state index contributed by atoms with van der Waals surface area (Å²) in [6.07, 6.45) is -2.92. The van der Waals surface area contributed by atoms with Gasteiger partial charge in [0.25, 0.3) is 10.2 Å². The molecule has 0 spiro atoms. The van der Waals surface area contributed by atoms with Crippen LogP contribution < -0.4 is 9.86 Å². The van der Waals surface area contributed by atoms with Gasteiger partial charge in [0.2, 0.25) is 0 Å². The van der Waals surface area contributed by atoms with Crippen LogP contribution in [0.1, 0.15) is 30.0 Å². The topological polar surface area (TPSA) is 72.2 Å². The predicted octanol–water partition coefficient (Wildman–Crippen LogP) is 1.95. The summed E-state index contributed by atoms with van der Waals surface area (Å²) in [5, 5.41) is 4.90. The average molecular weight is 294 g/mol. The fourth-order valence-electron chi connectivity index (χ4n) is 1.95. The third kappa shape index (κ3) is 3.92. The summed E-state index contributed by atoms with van der Waals surface area (Å²) >= 11 is 0. The van der Waals surface area contributed by atoms with Crippen molar-refractivity contribution in [1.29, 1.82) is 0 Å². The highest BCUT2D eigenvalue weighted by molar-refractivity contribution is 7.87. The van der Waals surface area contributed by atoms with Crippen LogP contribution in [-0.4, -0.2) is 8.42 Å². The normalized spacial score (nSPS) is 18.3. The van der Waals surface area contributed by atoms with E-state index in [0.717, 1.165) is 25.0 Å². The smallest absolute Gasteiger partial charge is 0.216 e.